The van der Waals surface area contributed by atoms with Gasteiger partial charge in [0.15, 0.2) is 20.6 Å². The molecule has 1 aromatic rings. The number of aromatic nitrogens is 2. The molecule has 0 radical (unpaired) electrons. The van der Waals surface area contributed by atoms with Gasteiger partial charge in [-0.3, -0.25) is 0 Å². The highest BCUT2D eigenvalue weighted by atomic mass is 32.2. The summed E-state index contributed by atoms with van der Waals surface area (Å²) in [6.45, 7) is 3.79. The SMILES string of the molecule is CC(C1CC1)n1nc(NC2CCNC2)c(S(C)(=O)=O)c1N. The van der Waals surface area contributed by atoms with Crippen LogP contribution in [0.4, 0.5) is 11.6 Å². The predicted octanol–water partition coefficient (Wildman–Crippen LogP) is 0.614. The highest BCUT2D eigenvalue weighted by molar-refractivity contribution is 7.91. The van der Waals surface area contributed by atoms with Crippen molar-refractivity contribution in [3.05, 3.63) is 0 Å². The molecule has 1 saturated carbocycles. The standard InChI is InChI=1S/C13H23N5O2S/c1-8(9-3-4-9)18-12(14)11(21(2,19)20)13(17-18)16-10-5-6-15-7-10/h8-10,15H,3-7,14H2,1-2H3,(H,16,17). The fourth-order valence-corrected chi connectivity index (χ4v) is 3.88. The Kier molecular flexibility index (Phi) is 3.61. The van der Waals surface area contributed by atoms with Gasteiger partial charge in [-0.2, -0.15) is 5.10 Å². The quantitative estimate of drug-likeness (QED) is 0.736. The maximum absolute atomic E-state index is 12.1. The maximum atomic E-state index is 12.1. The van der Waals surface area contributed by atoms with Crippen LogP contribution in [0.5, 0.6) is 0 Å². The third kappa shape index (κ3) is 2.87. The summed E-state index contributed by atoms with van der Waals surface area (Å²) in [5, 5.41) is 11.0. The molecular formula is C13H23N5O2S. The van der Waals surface area contributed by atoms with Crippen molar-refractivity contribution in [3.63, 3.8) is 0 Å². The van der Waals surface area contributed by atoms with E-state index in [1.54, 1.807) is 4.68 Å². The zero-order valence-electron chi connectivity index (χ0n) is 12.5. The molecule has 0 amide bonds. The number of nitrogens with zero attached hydrogens (tertiary/aromatic N) is 2. The molecule has 1 aliphatic heterocycles. The van der Waals surface area contributed by atoms with Gasteiger partial charge in [0.2, 0.25) is 0 Å². The van der Waals surface area contributed by atoms with Crippen LogP contribution < -0.4 is 16.4 Å². The Hall–Kier alpha value is -1.28. The van der Waals surface area contributed by atoms with Crippen LogP contribution in [0.1, 0.15) is 32.2 Å². The van der Waals surface area contributed by atoms with E-state index in [1.807, 2.05) is 6.92 Å². The summed E-state index contributed by atoms with van der Waals surface area (Å²) in [6.07, 6.45) is 4.45. The molecule has 7 nitrogen and oxygen atoms in total. The van der Waals surface area contributed by atoms with Gasteiger partial charge in [-0.15, -0.1) is 0 Å². The topological polar surface area (TPSA) is 102 Å². The number of nitrogens with two attached hydrogens (primary N) is 1. The van der Waals surface area contributed by atoms with Gasteiger partial charge in [-0.05, 0) is 38.6 Å². The van der Waals surface area contributed by atoms with E-state index in [0.29, 0.717) is 11.7 Å². The molecule has 8 heteroatoms. The van der Waals surface area contributed by atoms with E-state index < -0.39 is 9.84 Å². The molecule has 1 aliphatic carbocycles. The number of nitrogen functional groups attached to an aromatic ring is 1. The normalized spacial score (nSPS) is 24.2. The number of hydrogen-bond donors (Lipinski definition) is 3. The van der Waals surface area contributed by atoms with E-state index in [-0.39, 0.29) is 22.8 Å². The van der Waals surface area contributed by atoms with Crippen LogP contribution in [0.3, 0.4) is 0 Å². The molecule has 1 saturated heterocycles. The van der Waals surface area contributed by atoms with Crippen LogP contribution in [-0.2, 0) is 9.84 Å². The molecule has 2 fully saturated rings. The van der Waals surface area contributed by atoms with E-state index in [9.17, 15) is 8.42 Å². The van der Waals surface area contributed by atoms with Gasteiger partial charge >= 0.3 is 0 Å². The molecule has 3 rings (SSSR count). The van der Waals surface area contributed by atoms with Gasteiger partial charge in [0.05, 0.1) is 6.04 Å². The lowest BCUT2D eigenvalue weighted by Crippen LogP contribution is -2.23. The molecule has 1 aromatic heterocycles. The first-order valence-electron chi connectivity index (χ1n) is 7.43. The molecule has 0 aromatic carbocycles. The van der Waals surface area contributed by atoms with E-state index in [1.165, 1.54) is 6.26 Å². The van der Waals surface area contributed by atoms with Gasteiger partial charge in [0.25, 0.3) is 0 Å². The molecule has 2 unspecified atom stereocenters. The lowest BCUT2D eigenvalue weighted by molar-refractivity contribution is 0.446. The lowest BCUT2D eigenvalue weighted by atomic mass is 10.2. The summed E-state index contributed by atoms with van der Waals surface area (Å²) < 4.78 is 25.8. The minimum Gasteiger partial charge on any atom is -0.383 e. The second-order valence-corrected chi connectivity index (χ2v) is 8.14. The minimum atomic E-state index is -3.42. The van der Waals surface area contributed by atoms with Gasteiger partial charge in [0.1, 0.15) is 5.82 Å². The van der Waals surface area contributed by atoms with Gasteiger partial charge in [-0.1, -0.05) is 0 Å². The van der Waals surface area contributed by atoms with Crippen molar-refractivity contribution < 1.29 is 8.42 Å². The fraction of sp³-hybridized carbons (Fsp3) is 0.769. The van der Waals surface area contributed by atoms with Gasteiger partial charge in [-0.25, -0.2) is 13.1 Å². The molecular weight excluding hydrogens is 290 g/mol. The smallest absolute Gasteiger partial charge is 0.182 e. The van der Waals surface area contributed by atoms with E-state index >= 15 is 0 Å². The summed E-state index contributed by atoms with van der Waals surface area (Å²) in [7, 11) is -3.42. The van der Waals surface area contributed by atoms with Crippen molar-refractivity contribution in [2.75, 3.05) is 30.4 Å². The second-order valence-electron chi connectivity index (χ2n) is 6.19. The van der Waals surface area contributed by atoms with Crippen molar-refractivity contribution in [2.45, 2.75) is 43.2 Å². The first-order valence-corrected chi connectivity index (χ1v) is 9.32. The van der Waals surface area contributed by atoms with Crippen LogP contribution in [0.25, 0.3) is 0 Å². The third-order valence-electron chi connectivity index (χ3n) is 4.36. The number of hydrogen-bond acceptors (Lipinski definition) is 6. The average Bonchev–Trinajstić information content (AvgIpc) is 3.02. The molecule has 2 atom stereocenters. The Morgan fingerprint density at radius 3 is 2.67 bits per heavy atom. The average molecular weight is 313 g/mol. The van der Waals surface area contributed by atoms with E-state index in [2.05, 4.69) is 15.7 Å². The van der Waals surface area contributed by atoms with Crippen LogP contribution in [0, 0.1) is 5.92 Å². The third-order valence-corrected chi connectivity index (χ3v) is 5.51. The molecule has 0 bridgehead atoms. The molecule has 21 heavy (non-hydrogen) atoms. The number of sulfone groups is 1. The van der Waals surface area contributed by atoms with Crippen LogP contribution in [0.15, 0.2) is 4.90 Å². The Balaban J connectivity index is 1.97. The van der Waals surface area contributed by atoms with Crippen molar-refractivity contribution >= 4 is 21.5 Å². The molecule has 4 N–H and O–H groups in total. The van der Waals surface area contributed by atoms with Crippen molar-refractivity contribution in [1.82, 2.24) is 15.1 Å². The monoisotopic (exact) mass is 313 g/mol. The summed E-state index contributed by atoms with van der Waals surface area (Å²) >= 11 is 0. The summed E-state index contributed by atoms with van der Waals surface area (Å²) in [5.74, 6) is 1.21. The summed E-state index contributed by atoms with van der Waals surface area (Å²) in [6, 6.07) is 0.340. The Labute approximate surface area is 125 Å². The number of rotatable bonds is 5. The van der Waals surface area contributed by atoms with Gasteiger partial charge < -0.3 is 16.4 Å². The van der Waals surface area contributed by atoms with Crippen LogP contribution in [-0.4, -0.2) is 43.6 Å². The second kappa shape index (κ2) is 5.17. The molecule has 0 spiro atoms. The van der Waals surface area contributed by atoms with E-state index in [4.69, 9.17) is 5.73 Å². The zero-order valence-corrected chi connectivity index (χ0v) is 13.3. The first-order chi connectivity index (χ1) is 9.88. The van der Waals surface area contributed by atoms with E-state index in [0.717, 1.165) is 32.4 Å². The lowest BCUT2D eigenvalue weighted by Gasteiger charge is -2.12. The number of anilines is 2. The highest BCUT2D eigenvalue weighted by Crippen LogP contribution is 2.42. The largest absolute Gasteiger partial charge is 0.383 e. The summed E-state index contributed by atoms with van der Waals surface area (Å²) in [5.41, 5.74) is 6.10. The van der Waals surface area contributed by atoms with Crippen LogP contribution >= 0.6 is 0 Å². The Morgan fingerprint density at radius 1 is 1.43 bits per heavy atom. The van der Waals surface area contributed by atoms with Crippen molar-refractivity contribution in [2.24, 2.45) is 5.92 Å². The van der Waals surface area contributed by atoms with Crippen LogP contribution in [0.2, 0.25) is 0 Å². The maximum Gasteiger partial charge on any atom is 0.182 e. The van der Waals surface area contributed by atoms with Crippen molar-refractivity contribution in [1.29, 1.82) is 0 Å². The number of nitrogens with one attached hydrogen (secondary N) is 2. The summed E-state index contributed by atoms with van der Waals surface area (Å²) in [4.78, 5) is 0.141. The van der Waals surface area contributed by atoms with Gasteiger partial charge in [0, 0.05) is 18.8 Å². The Bertz CT molecular complexity index is 629. The predicted molar refractivity (Wildman–Crippen MR) is 82.1 cm³/mol. The molecule has 2 heterocycles. The van der Waals surface area contributed by atoms with Crippen molar-refractivity contribution in [3.8, 4) is 0 Å². The first kappa shape index (κ1) is 14.6. The highest BCUT2D eigenvalue weighted by Gasteiger charge is 2.34. The molecule has 118 valence electrons. The Morgan fingerprint density at radius 2 is 2.14 bits per heavy atom. The fourth-order valence-electron chi connectivity index (χ4n) is 2.95. The zero-order chi connectivity index (χ0) is 15.2. The minimum absolute atomic E-state index is 0.141. The molecule has 2 aliphatic rings.